The van der Waals surface area contributed by atoms with Crippen molar-refractivity contribution in [3.05, 3.63) is 64.7 Å². The SMILES string of the molecule is COCC(=O)NC(C(=O)N1Cc2cc(OCCOCCOCCOCCNC(=O)O)ccc2C[C@H]1C(=O)N[C@@H]1CCCc2ccccc21)C(C)(C)C. The summed E-state index contributed by atoms with van der Waals surface area (Å²) in [5.74, 6) is -0.355. The third-order valence-corrected chi connectivity index (χ3v) is 9.04. The minimum Gasteiger partial charge on any atom is -0.491 e. The Bertz CT molecular complexity index is 1500. The number of carbonyl (C=O) groups excluding carboxylic acids is 3. The Hall–Kier alpha value is -4.24. The van der Waals surface area contributed by atoms with Crippen LogP contribution in [0, 0.1) is 5.41 Å². The molecule has 4 N–H and O–H groups in total. The van der Waals surface area contributed by atoms with E-state index in [9.17, 15) is 19.2 Å². The third kappa shape index (κ3) is 12.2. The number of amides is 4. The van der Waals surface area contributed by atoms with Crippen LogP contribution in [0.5, 0.6) is 5.75 Å². The molecule has 2 aromatic rings. The Balaban J connectivity index is 1.38. The van der Waals surface area contributed by atoms with Crippen LogP contribution in [0.1, 0.15) is 61.9 Å². The maximum absolute atomic E-state index is 14.4. The maximum atomic E-state index is 14.4. The van der Waals surface area contributed by atoms with Crippen LogP contribution in [0.2, 0.25) is 0 Å². The lowest BCUT2D eigenvalue weighted by Crippen LogP contribution is -2.61. The lowest BCUT2D eigenvalue weighted by atomic mass is 9.84. The summed E-state index contributed by atoms with van der Waals surface area (Å²) < 4.78 is 27.3. The second-order valence-corrected chi connectivity index (χ2v) is 14.0. The van der Waals surface area contributed by atoms with Crippen LogP contribution in [-0.2, 0) is 52.7 Å². The van der Waals surface area contributed by atoms with Crippen molar-refractivity contribution in [1.29, 1.82) is 0 Å². The molecule has 0 spiro atoms. The predicted octanol–water partition coefficient (Wildman–Crippen LogP) is 3.01. The first-order chi connectivity index (χ1) is 25.0. The molecular formula is C38H54N4O10. The highest BCUT2D eigenvalue weighted by Crippen LogP contribution is 2.33. The molecule has 4 rings (SSSR count). The van der Waals surface area contributed by atoms with Crippen molar-refractivity contribution in [2.75, 3.05) is 66.5 Å². The number of carboxylic acid groups (broad SMARTS) is 1. The van der Waals surface area contributed by atoms with Gasteiger partial charge in [-0.15, -0.1) is 0 Å². The maximum Gasteiger partial charge on any atom is 0.404 e. The number of ether oxygens (including phenoxy) is 5. The molecular weight excluding hydrogens is 672 g/mol. The van der Waals surface area contributed by atoms with Gasteiger partial charge in [-0.05, 0) is 59.1 Å². The minimum absolute atomic E-state index is 0.145. The number of fused-ring (bicyclic) bond motifs is 2. The van der Waals surface area contributed by atoms with Gasteiger partial charge in [0.15, 0.2) is 0 Å². The van der Waals surface area contributed by atoms with E-state index in [1.807, 2.05) is 51.1 Å². The Kier molecular flexibility index (Phi) is 15.7. The lowest BCUT2D eigenvalue weighted by Gasteiger charge is -2.41. The summed E-state index contributed by atoms with van der Waals surface area (Å²) in [6, 6.07) is 12.1. The molecule has 286 valence electrons. The van der Waals surface area contributed by atoms with Crippen molar-refractivity contribution in [3.63, 3.8) is 0 Å². The highest BCUT2D eigenvalue weighted by atomic mass is 16.6. The van der Waals surface area contributed by atoms with E-state index >= 15 is 0 Å². The van der Waals surface area contributed by atoms with Gasteiger partial charge in [0.1, 0.15) is 31.0 Å². The summed E-state index contributed by atoms with van der Waals surface area (Å²) in [5, 5.41) is 16.9. The average Bonchev–Trinajstić information content (AvgIpc) is 3.11. The summed E-state index contributed by atoms with van der Waals surface area (Å²) in [7, 11) is 1.42. The Morgan fingerprint density at radius 2 is 1.60 bits per heavy atom. The Morgan fingerprint density at radius 1 is 0.904 bits per heavy atom. The first-order valence-electron chi connectivity index (χ1n) is 17.9. The number of nitrogens with one attached hydrogen (secondary N) is 3. The number of methoxy groups -OCH3 is 1. The molecule has 3 atom stereocenters. The van der Waals surface area contributed by atoms with Gasteiger partial charge in [-0.3, -0.25) is 14.4 Å². The monoisotopic (exact) mass is 726 g/mol. The number of benzene rings is 2. The molecule has 1 aliphatic heterocycles. The molecule has 1 aliphatic carbocycles. The first-order valence-corrected chi connectivity index (χ1v) is 17.9. The largest absolute Gasteiger partial charge is 0.491 e. The van der Waals surface area contributed by atoms with Gasteiger partial charge >= 0.3 is 6.09 Å². The van der Waals surface area contributed by atoms with Crippen molar-refractivity contribution in [2.45, 2.75) is 71.1 Å². The molecule has 1 unspecified atom stereocenters. The fourth-order valence-corrected chi connectivity index (χ4v) is 6.43. The minimum atomic E-state index is -1.08. The molecule has 2 aromatic carbocycles. The average molecular weight is 727 g/mol. The summed E-state index contributed by atoms with van der Waals surface area (Å²) >= 11 is 0. The van der Waals surface area contributed by atoms with Crippen LogP contribution in [0.3, 0.4) is 0 Å². The second-order valence-electron chi connectivity index (χ2n) is 14.0. The van der Waals surface area contributed by atoms with Crippen LogP contribution >= 0.6 is 0 Å². The molecule has 0 bridgehead atoms. The van der Waals surface area contributed by atoms with E-state index in [1.165, 1.54) is 12.7 Å². The molecule has 2 aliphatic rings. The van der Waals surface area contributed by atoms with E-state index in [-0.39, 0.29) is 44.2 Å². The molecule has 0 radical (unpaired) electrons. The molecule has 1 heterocycles. The molecule has 0 saturated heterocycles. The van der Waals surface area contributed by atoms with Crippen molar-refractivity contribution in [3.8, 4) is 5.75 Å². The van der Waals surface area contributed by atoms with Gasteiger partial charge in [0.05, 0.1) is 45.7 Å². The van der Waals surface area contributed by atoms with Gasteiger partial charge in [0.25, 0.3) is 0 Å². The zero-order chi connectivity index (χ0) is 37.5. The lowest BCUT2D eigenvalue weighted by molar-refractivity contribution is -0.147. The zero-order valence-corrected chi connectivity index (χ0v) is 30.7. The van der Waals surface area contributed by atoms with E-state index in [0.29, 0.717) is 51.8 Å². The highest BCUT2D eigenvalue weighted by Gasteiger charge is 2.42. The van der Waals surface area contributed by atoms with Gasteiger partial charge in [0.2, 0.25) is 17.7 Å². The predicted molar refractivity (Wildman–Crippen MR) is 192 cm³/mol. The van der Waals surface area contributed by atoms with Crippen LogP contribution in [0.25, 0.3) is 0 Å². The van der Waals surface area contributed by atoms with Gasteiger partial charge in [-0.25, -0.2) is 4.79 Å². The molecule has 14 heteroatoms. The van der Waals surface area contributed by atoms with Crippen molar-refractivity contribution < 1.29 is 48.0 Å². The normalized spacial score (nSPS) is 17.3. The third-order valence-electron chi connectivity index (χ3n) is 9.04. The number of hydrogen-bond donors (Lipinski definition) is 4. The van der Waals surface area contributed by atoms with Crippen molar-refractivity contribution in [1.82, 2.24) is 20.9 Å². The summed E-state index contributed by atoms with van der Waals surface area (Å²) in [6.45, 7) is 8.24. The fraction of sp³-hybridized carbons (Fsp3) is 0.579. The van der Waals surface area contributed by atoms with E-state index < -0.39 is 29.5 Å². The Morgan fingerprint density at radius 3 is 2.29 bits per heavy atom. The smallest absolute Gasteiger partial charge is 0.404 e. The topological polar surface area (TPSA) is 174 Å². The molecule has 0 aromatic heterocycles. The van der Waals surface area contributed by atoms with Gasteiger partial charge in [-0.1, -0.05) is 51.1 Å². The van der Waals surface area contributed by atoms with Crippen LogP contribution in [-0.4, -0.2) is 112 Å². The number of rotatable bonds is 19. The van der Waals surface area contributed by atoms with E-state index in [4.69, 9.17) is 28.8 Å². The number of nitrogens with zero attached hydrogens (tertiary/aromatic N) is 1. The molecule has 52 heavy (non-hydrogen) atoms. The molecule has 14 nitrogen and oxygen atoms in total. The molecule has 0 saturated carbocycles. The van der Waals surface area contributed by atoms with Crippen molar-refractivity contribution >= 4 is 23.8 Å². The van der Waals surface area contributed by atoms with E-state index in [1.54, 1.807) is 4.90 Å². The highest BCUT2D eigenvalue weighted by molar-refractivity contribution is 5.93. The quantitative estimate of drug-likeness (QED) is 0.158. The fourth-order valence-electron chi connectivity index (χ4n) is 6.43. The van der Waals surface area contributed by atoms with E-state index in [0.717, 1.165) is 36.0 Å². The number of carbonyl (C=O) groups is 4. The van der Waals surface area contributed by atoms with E-state index in [2.05, 4.69) is 28.1 Å². The van der Waals surface area contributed by atoms with Gasteiger partial charge in [0, 0.05) is 26.6 Å². The van der Waals surface area contributed by atoms with Crippen LogP contribution in [0.15, 0.2) is 42.5 Å². The summed E-state index contributed by atoms with van der Waals surface area (Å²) in [4.78, 5) is 53.2. The summed E-state index contributed by atoms with van der Waals surface area (Å²) in [6.07, 6.45) is 1.98. The first kappa shape index (κ1) is 40.5. The van der Waals surface area contributed by atoms with Crippen LogP contribution < -0.4 is 20.7 Å². The van der Waals surface area contributed by atoms with Crippen molar-refractivity contribution in [2.24, 2.45) is 5.41 Å². The van der Waals surface area contributed by atoms with Crippen LogP contribution in [0.4, 0.5) is 4.79 Å². The number of aryl methyl sites for hydroxylation is 1. The summed E-state index contributed by atoms with van der Waals surface area (Å²) in [5.41, 5.74) is 3.51. The molecule has 4 amide bonds. The Labute approximate surface area is 305 Å². The molecule has 0 fully saturated rings. The van der Waals surface area contributed by atoms with Gasteiger partial charge in [-0.2, -0.15) is 0 Å². The zero-order valence-electron chi connectivity index (χ0n) is 30.7. The standard InChI is InChI=1S/C38H54N4O10/c1-38(2,3)34(41-33(43)25-48-4)36(45)42-24-28-22-29(52-21-20-51-19-18-50-17-16-49-15-14-39-37(46)47)13-12-27(28)23-32(42)35(44)40-31-11-7-9-26-8-5-6-10-30(26)31/h5-6,8,10,12-13,22,31-32,34,39H,7,9,11,14-21,23-25H2,1-4H3,(H,40,44)(H,41,43)(H,46,47)/t31-,32+,34?/m1/s1. The second kappa shape index (κ2) is 20.1. The van der Waals surface area contributed by atoms with Gasteiger partial charge < -0.3 is 49.6 Å². The number of hydrogen-bond acceptors (Lipinski definition) is 9.